The third-order valence-electron chi connectivity index (χ3n) is 10.4. The Labute approximate surface area is 313 Å². The Balaban J connectivity index is 1.25. The lowest BCUT2D eigenvalue weighted by molar-refractivity contribution is -0.686. The second-order valence-electron chi connectivity index (χ2n) is 14.2. The molecular weight excluding hydrogens is 769 g/mol. The van der Waals surface area contributed by atoms with Crippen LogP contribution in [-0.4, -0.2) is 78.7 Å². The summed E-state index contributed by atoms with van der Waals surface area (Å²) in [5.74, 6) is 0.255. The third-order valence-corrected chi connectivity index (χ3v) is 13.3. The molecule has 2 atom stereocenters. The molecule has 2 aliphatic carbocycles. The van der Waals surface area contributed by atoms with Crippen molar-refractivity contribution in [3.8, 4) is 0 Å². The van der Waals surface area contributed by atoms with Crippen LogP contribution in [0.25, 0.3) is 0 Å². The molecule has 0 radical (unpaired) electrons. The number of aliphatic imine (C=N–C) groups is 2. The molecule has 286 valence electrons. The largest absolute Gasteiger partial charge is 0.332 e. The fourth-order valence-electron chi connectivity index (χ4n) is 7.62. The van der Waals surface area contributed by atoms with Crippen molar-refractivity contribution in [1.82, 2.24) is 4.90 Å². The number of hydrogen-bond donors (Lipinski definition) is 4. The van der Waals surface area contributed by atoms with Crippen molar-refractivity contribution in [3.63, 3.8) is 0 Å². The molecule has 0 spiro atoms. The number of allylic oxidation sites excluding steroid dienone is 9. The minimum Gasteiger partial charge on any atom is -0.332 e. The van der Waals surface area contributed by atoms with E-state index in [4.69, 9.17) is 15.2 Å². The predicted molar refractivity (Wildman–Crippen MR) is 199 cm³/mol. The molecule has 2 unspecified atom stereocenters. The van der Waals surface area contributed by atoms with Crippen molar-refractivity contribution in [2.24, 2.45) is 15.4 Å². The molecule has 19 heteroatoms. The average Bonchev–Trinajstić information content (AvgIpc) is 3.73. The van der Waals surface area contributed by atoms with Gasteiger partial charge in [-0.25, -0.2) is 14.8 Å². The molecule has 1 saturated carbocycles. The zero-order chi connectivity index (χ0) is 38.6. The maximum absolute atomic E-state index is 12.2. The first-order chi connectivity index (χ1) is 24.7. The number of pyridine rings is 1. The highest BCUT2D eigenvalue weighted by Crippen LogP contribution is 2.55. The number of hydrogen-bond acceptors (Lipinski definition) is 12. The second kappa shape index (κ2) is 14.4. The van der Waals surface area contributed by atoms with Gasteiger partial charge >= 0.3 is 5.82 Å². The zero-order valence-corrected chi connectivity index (χ0v) is 32.5. The molecule has 0 aromatic carbocycles. The Morgan fingerprint density at radius 2 is 1.72 bits per heavy atom. The van der Waals surface area contributed by atoms with Crippen LogP contribution < -0.4 is 4.57 Å². The first kappa shape index (κ1) is 39.4. The standard InChI is InChI=1S/C34H40N4O11S4/c1-22(6-8-23-10-12-33(2)27-18-25(50-49-39)20-37(31(27)35-29(23)33)14-4-16-51(40,41)42)7-9-24-11-13-34(3)28-19-26(53(46,47)48)21-38(32(28)36-30(24)34)15-5-17-52(43,44)45/h6-9,18-21H,4-5,10-17H2,1-3H3,(H3-,39,40,41,42,43,44,45,46,47,48)/p+1. The van der Waals surface area contributed by atoms with Gasteiger partial charge in [-0.3, -0.25) is 13.7 Å². The summed E-state index contributed by atoms with van der Waals surface area (Å²) < 4.78 is 104. The van der Waals surface area contributed by atoms with Gasteiger partial charge < -0.3 is 4.90 Å². The minimum atomic E-state index is -4.57. The van der Waals surface area contributed by atoms with Crippen LogP contribution in [0.5, 0.6) is 0 Å². The lowest BCUT2D eigenvalue weighted by atomic mass is 9.80. The predicted octanol–water partition coefficient (Wildman–Crippen LogP) is 5.03. The van der Waals surface area contributed by atoms with Gasteiger partial charge in [-0.15, -0.1) is 0 Å². The summed E-state index contributed by atoms with van der Waals surface area (Å²) in [4.78, 5) is 12.0. The summed E-state index contributed by atoms with van der Waals surface area (Å²) >= 11 is 0.776. The van der Waals surface area contributed by atoms with E-state index in [1.165, 1.54) is 16.8 Å². The molecule has 15 nitrogen and oxygen atoms in total. The molecule has 6 rings (SSSR count). The molecule has 0 saturated heterocycles. The van der Waals surface area contributed by atoms with Crippen LogP contribution in [0.15, 0.2) is 96.6 Å². The van der Waals surface area contributed by atoms with E-state index in [0.29, 0.717) is 35.0 Å². The van der Waals surface area contributed by atoms with Gasteiger partial charge in [0.05, 0.1) is 51.7 Å². The van der Waals surface area contributed by atoms with Gasteiger partial charge in [0, 0.05) is 35.7 Å². The third kappa shape index (κ3) is 8.23. The topological polar surface area (TPSA) is 224 Å². The van der Waals surface area contributed by atoms with Gasteiger partial charge in [0.15, 0.2) is 5.71 Å². The fraction of sp³-hybridized carbons (Fsp3) is 0.441. The first-order valence-electron chi connectivity index (χ1n) is 16.8. The highest BCUT2D eigenvalue weighted by molar-refractivity contribution is 7.98. The number of aromatic nitrogens is 1. The van der Waals surface area contributed by atoms with Crippen molar-refractivity contribution in [2.45, 2.75) is 76.2 Å². The van der Waals surface area contributed by atoms with Gasteiger partial charge in [-0.1, -0.05) is 29.9 Å². The summed E-state index contributed by atoms with van der Waals surface area (Å²) in [5, 5.41) is 9.10. The Hall–Kier alpha value is -3.27. The Morgan fingerprint density at radius 1 is 1.02 bits per heavy atom. The van der Waals surface area contributed by atoms with Crippen LogP contribution in [0, 0.1) is 5.41 Å². The average molecular weight is 810 g/mol. The number of amidine groups is 1. The van der Waals surface area contributed by atoms with E-state index >= 15 is 0 Å². The molecule has 1 aromatic rings. The van der Waals surface area contributed by atoms with E-state index in [2.05, 4.69) is 11.3 Å². The van der Waals surface area contributed by atoms with Gasteiger partial charge in [0.1, 0.15) is 16.9 Å². The Bertz CT molecular complexity index is 2340. The first-order valence-corrected chi connectivity index (χ1v) is 22.2. The molecule has 3 aliphatic heterocycles. The van der Waals surface area contributed by atoms with E-state index in [0.717, 1.165) is 58.6 Å². The zero-order valence-electron chi connectivity index (χ0n) is 29.3. The smallest absolute Gasteiger partial charge is 0.327 e. The van der Waals surface area contributed by atoms with Crippen LogP contribution in [0.4, 0.5) is 5.82 Å². The highest BCUT2D eigenvalue weighted by Gasteiger charge is 2.52. The number of aryl methyl sites for hydroxylation is 1. The molecule has 5 aliphatic rings. The maximum Gasteiger partial charge on any atom is 0.327 e. The fourth-order valence-corrected chi connectivity index (χ4v) is 9.55. The van der Waals surface area contributed by atoms with E-state index in [1.807, 2.05) is 49.1 Å². The summed E-state index contributed by atoms with van der Waals surface area (Å²) in [7, 11) is -12.9. The molecule has 4 N–H and O–H groups in total. The summed E-state index contributed by atoms with van der Waals surface area (Å²) in [6.45, 7) is 6.38. The maximum atomic E-state index is 12.2. The van der Waals surface area contributed by atoms with Gasteiger partial charge in [-0.05, 0) is 75.6 Å². The SMILES string of the molecule is CC(C=CC1=C2N=C3C(=CC(SOO)=CN3CCCS(=O)(=O)O)C2(C)CC1)=CC=C1CCC2(C)C1=Nc1c2cc(S(=O)(=O)O)c[n+]1CCCS(=O)(=O)O. The van der Waals surface area contributed by atoms with Crippen LogP contribution in [0.3, 0.4) is 0 Å². The molecule has 1 aromatic heterocycles. The summed E-state index contributed by atoms with van der Waals surface area (Å²) in [5.41, 5.74) is 5.16. The van der Waals surface area contributed by atoms with Crippen LogP contribution in [0.1, 0.15) is 64.9 Å². The molecule has 0 amide bonds. The Morgan fingerprint density at radius 3 is 2.40 bits per heavy atom. The van der Waals surface area contributed by atoms with Crippen LogP contribution >= 0.6 is 12.0 Å². The monoisotopic (exact) mass is 809 g/mol. The van der Waals surface area contributed by atoms with Crippen molar-refractivity contribution in [3.05, 3.63) is 87.3 Å². The van der Waals surface area contributed by atoms with Crippen molar-refractivity contribution >= 4 is 59.8 Å². The summed E-state index contributed by atoms with van der Waals surface area (Å²) in [6, 6.07) is 1.42. The summed E-state index contributed by atoms with van der Waals surface area (Å²) in [6.07, 6.45) is 16.0. The normalized spacial score (nSPS) is 25.1. The van der Waals surface area contributed by atoms with Gasteiger partial charge in [0.25, 0.3) is 30.4 Å². The number of fused-ring (bicyclic) bond motifs is 6. The van der Waals surface area contributed by atoms with Crippen LogP contribution in [-0.2, 0) is 46.6 Å². The van der Waals surface area contributed by atoms with Crippen molar-refractivity contribution in [1.29, 1.82) is 0 Å². The Kier molecular flexibility index (Phi) is 10.7. The highest BCUT2D eigenvalue weighted by atomic mass is 32.2. The molecule has 1 fully saturated rings. The molecular formula is C34H41N4O11S4+. The van der Waals surface area contributed by atoms with Gasteiger partial charge in [-0.2, -0.15) is 29.6 Å². The van der Waals surface area contributed by atoms with Crippen LogP contribution in [0.2, 0.25) is 0 Å². The lowest BCUT2D eigenvalue weighted by Gasteiger charge is -2.30. The van der Waals surface area contributed by atoms with E-state index < -0.39 is 52.7 Å². The number of nitrogens with zero attached hydrogens (tertiary/aromatic N) is 4. The van der Waals surface area contributed by atoms with Crippen molar-refractivity contribution < 1.29 is 53.1 Å². The lowest BCUT2D eigenvalue weighted by Crippen LogP contribution is -2.37. The molecule has 0 bridgehead atoms. The number of rotatable bonds is 14. The van der Waals surface area contributed by atoms with E-state index in [9.17, 15) is 38.9 Å². The molecule has 53 heavy (non-hydrogen) atoms. The minimum absolute atomic E-state index is 0.00982. The van der Waals surface area contributed by atoms with Gasteiger partial charge in [0.2, 0.25) is 0 Å². The van der Waals surface area contributed by atoms with E-state index in [-0.39, 0.29) is 30.8 Å². The van der Waals surface area contributed by atoms with Crippen molar-refractivity contribution in [2.75, 3.05) is 18.1 Å². The molecule has 4 heterocycles. The second-order valence-corrected chi connectivity index (χ2v) is 19.5. The van der Waals surface area contributed by atoms with E-state index in [1.54, 1.807) is 6.20 Å². The quantitative estimate of drug-likeness (QED) is 0.0484.